The van der Waals surface area contributed by atoms with Crippen LogP contribution in [0.2, 0.25) is 0 Å². The van der Waals surface area contributed by atoms with Crippen molar-refractivity contribution in [2.24, 2.45) is 5.92 Å². The number of fused-ring (bicyclic) bond motifs is 1. The van der Waals surface area contributed by atoms with Crippen LogP contribution >= 0.6 is 0 Å². The van der Waals surface area contributed by atoms with Crippen LogP contribution in [0.5, 0.6) is 0 Å². The Bertz CT molecular complexity index is 396. The molecule has 3 unspecified atom stereocenters. The SMILES string of the molecule is CC1CCCCC1n1ccc2c1CCCC2O. The van der Waals surface area contributed by atoms with E-state index in [1.807, 2.05) is 0 Å². The zero-order valence-electron chi connectivity index (χ0n) is 10.7. The largest absolute Gasteiger partial charge is 0.388 e. The van der Waals surface area contributed by atoms with Gasteiger partial charge >= 0.3 is 0 Å². The lowest BCUT2D eigenvalue weighted by Gasteiger charge is -2.33. The second-order valence-corrected chi connectivity index (χ2v) is 5.86. The summed E-state index contributed by atoms with van der Waals surface area (Å²) in [6, 6.07) is 2.83. The maximum Gasteiger partial charge on any atom is 0.0807 e. The molecule has 0 spiro atoms. The number of nitrogens with zero attached hydrogens (tertiary/aromatic N) is 1. The summed E-state index contributed by atoms with van der Waals surface area (Å²) in [6.07, 6.45) is 10.7. The van der Waals surface area contributed by atoms with Gasteiger partial charge in [-0.05, 0) is 44.1 Å². The summed E-state index contributed by atoms with van der Waals surface area (Å²) in [6.45, 7) is 2.38. The van der Waals surface area contributed by atoms with E-state index in [2.05, 4.69) is 23.8 Å². The minimum atomic E-state index is -0.209. The van der Waals surface area contributed by atoms with Gasteiger partial charge in [-0.15, -0.1) is 0 Å². The van der Waals surface area contributed by atoms with E-state index in [0.29, 0.717) is 6.04 Å². The van der Waals surface area contributed by atoms with Crippen molar-refractivity contribution in [3.63, 3.8) is 0 Å². The van der Waals surface area contributed by atoms with Crippen LogP contribution in [0.25, 0.3) is 0 Å². The fourth-order valence-electron chi connectivity index (χ4n) is 3.71. The first-order valence-corrected chi connectivity index (χ1v) is 7.15. The van der Waals surface area contributed by atoms with Crippen LogP contribution in [0.3, 0.4) is 0 Å². The van der Waals surface area contributed by atoms with E-state index in [1.54, 1.807) is 0 Å². The maximum absolute atomic E-state index is 10.0. The van der Waals surface area contributed by atoms with Crippen molar-refractivity contribution in [3.8, 4) is 0 Å². The Morgan fingerprint density at radius 3 is 2.82 bits per heavy atom. The molecule has 1 aromatic heterocycles. The number of rotatable bonds is 1. The van der Waals surface area contributed by atoms with Crippen molar-refractivity contribution in [2.45, 2.75) is 64.0 Å². The fourth-order valence-corrected chi connectivity index (χ4v) is 3.71. The van der Waals surface area contributed by atoms with Crippen molar-refractivity contribution in [1.82, 2.24) is 4.57 Å². The standard InChI is InChI=1S/C15H23NO/c1-11-5-2-3-6-13(11)16-10-9-12-14(16)7-4-8-15(12)17/h9-11,13,15,17H,2-8H2,1H3. The Balaban J connectivity index is 1.92. The smallest absolute Gasteiger partial charge is 0.0807 e. The van der Waals surface area contributed by atoms with Crippen molar-refractivity contribution < 1.29 is 5.11 Å². The Morgan fingerprint density at radius 1 is 1.18 bits per heavy atom. The van der Waals surface area contributed by atoms with Crippen molar-refractivity contribution in [1.29, 1.82) is 0 Å². The average Bonchev–Trinajstić information content (AvgIpc) is 2.75. The van der Waals surface area contributed by atoms with Gasteiger partial charge < -0.3 is 9.67 Å². The highest BCUT2D eigenvalue weighted by Gasteiger charge is 2.28. The number of aliphatic hydroxyl groups is 1. The molecule has 3 atom stereocenters. The van der Waals surface area contributed by atoms with E-state index in [1.165, 1.54) is 36.9 Å². The lowest BCUT2D eigenvalue weighted by Crippen LogP contribution is -2.23. The molecule has 94 valence electrons. The minimum absolute atomic E-state index is 0.209. The van der Waals surface area contributed by atoms with Gasteiger partial charge in [0.15, 0.2) is 0 Å². The summed E-state index contributed by atoms with van der Waals surface area (Å²) in [5.74, 6) is 0.791. The molecule has 3 rings (SSSR count). The van der Waals surface area contributed by atoms with Gasteiger partial charge in [-0.3, -0.25) is 0 Å². The van der Waals surface area contributed by atoms with Gasteiger partial charge in [0, 0.05) is 23.5 Å². The predicted molar refractivity (Wildman–Crippen MR) is 69.0 cm³/mol. The van der Waals surface area contributed by atoms with Crippen molar-refractivity contribution in [3.05, 3.63) is 23.5 Å². The molecule has 2 aliphatic rings. The maximum atomic E-state index is 10.0. The molecule has 0 aliphatic heterocycles. The zero-order chi connectivity index (χ0) is 11.8. The van der Waals surface area contributed by atoms with Crippen LogP contribution in [0.15, 0.2) is 12.3 Å². The molecule has 17 heavy (non-hydrogen) atoms. The van der Waals surface area contributed by atoms with Crippen molar-refractivity contribution in [2.75, 3.05) is 0 Å². The Hall–Kier alpha value is -0.760. The number of aromatic nitrogens is 1. The lowest BCUT2D eigenvalue weighted by molar-refractivity contribution is 0.153. The van der Waals surface area contributed by atoms with E-state index in [9.17, 15) is 5.11 Å². The molecule has 1 aromatic rings. The molecule has 0 saturated heterocycles. The molecular weight excluding hydrogens is 210 g/mol. The van der Waals surface area contributed by atoms with E-state index in [4.69, 9.17) is 0 Å². The van der Waals surface area contributed by atoms with Crippen LogP contribution in [0.4, 0.5) is 0 Å². The summed E-state index contributed by atoms with van der Waals surface area (Å²) in [5, 5.41) is 10.0. The number of aliphatic hydroxyl groups excluding tert-OH is 1. The molecule has 2 nitrogen and oxygen atoms in total. The van der Waals surface area contributed by atoms with Gasteiger partial charge in [-0.2, -0.15) is 0 Å². The monoisotopic (exact) mass is 233 g/mol. The van der Waals surface area contributed by atoms with Crippen LogP contribution in [-0.2, 0) is 6.42 Å². The first-order chi connectivity index (χ1) is 8.27. The first kappa shape index (κ1) is 11.3. The van der Waals surface area contributed by atoms with E-state index in [-0.39, 0.29) is 6.10 Å². The third-order valence-electron chi connectivity index (χ3n) is 4.73. The third-order valence-corrected chi connectivity index (χ3v) is 4.73. The van der Waals surface area contributed by atoms with E-state index >= 15 is 0 Å². The number of hydrogen-bond acceptors (Lipinski definition) is 1. The Morgan fingerprint density at radius 2 is 2.00 bits per heavy atom. The van der Waals surface area contributed by atoms with E-state index in [0.717, 1.165) is 25.2 Å². The van der Waals surface area contributed by atoms with Gasteiger partial charge in [0.1, 0.15) is 0 Å². The molecule has 1 fully saturated rings. The van der Waals surface area contributed by atoms with Crippen LogP contribution in [-0.4, -0.2) is 9.67 Å². The van der Waals surface area contributed by atoms with Crippen LogP contribution in [0, 0.1) is 5.92 Å². The Kier molecular flexibility index (Phi) is 2.99. The molecular formula is C15H23NO. The molecule has 2 aliphatic carbocycles. The number of hydrogen-bond donors (Lipinski definition) is 1. The highest BCUT2D eigenvalue weighted by molar-refractivity contribution is 5.28. The molecule has 0 amide bonds. The van der Waals surface area contributed by atoms with Crippen molar-refractivity contribution >= 4 is 0 Å². The summed E-state index contributed by atoms with van der Waals surface area (Å²) in [7, 11) is 0. The lowest BCUT2D eigenvalue weighted by atomic mass is 9.85. The summed E-state index contributed by atoms with van der Waals surface area (Å²) in [5.41, 5.74) is 2.62. The second kappa shape index (κ2) is 4.49. The van der Waals surface area contributed by atoms with Gasteiger partial charge in [0.05, 0.1) is 6.10 Å². The van der Waals surface area contributed by atoms with Gasteiger partial charge in [0.2, 0.25) is 0 Å². The molecule has 0 aromatic carbocycles. The molecule has 1 heterocycles. The molecule has 1 saturated carbocycles. The van der Waals surface area contributed by atoms with E-state index < -0.39 is 0 Å². The Labute approximate surface area is 104 Å². The second-order valence-electron chi connectivity index (χ2n) is 5.86. The van der Waals surface area contributed by atoms with Gasteiger partial charge in [-0.1, -0.05) is 19.8 Å². The highest BCUT2D eigenvalue weighted by Crippen LogP contribution is 2.38. The topological polar surface area (TPSA) is 25.2 Å². The third kappa shape index (κ3) is 1.93. The average molecular weight is 233 g/mol. The predicted octanol–water partition coefficient (Wildman–Crippen LogP) is 3.61. The van der Waals surface area contributed by atoms with Gasteiger partial charge in [-0.25, -0.2) is 0 Å². The highest BCUT2D eigenvalue weighted by atomic mass is 16.3. The quantitative estimate of drug-likeness (QED) is 0.787. The van der Waals surface area contributed by atoms with Crippen LogP contribution < -0.4 is 0 Å². The summed E-state index contributed by atoms with van der Waals surface area (Å²) < 4.78 is 2.49. The zero-order valence-corrected chi connectivity index (χ0v) is 10.7. The van der Waals surface area contributed by atoms with Crippen LogP contribution in [0.1, 0.15) is 68.9 Å². The molecule has 2 heteroatoms. The molecule has 1 N–H and O–H groups in total. The fraction of sp³-hybridized carbons (Fsp3) is 0.733. The molecule has 0 bridgehead atoms. The first-order valence-electron chi connectivity index (χ1n) is 7.15. The summed E-state index contributed by atoms with van der Waals surface area (Å²) in [4.78, 5) is 0. The normalized spacial score (nSPS) is 33.4. The minimum Gasteiger partial charge on any atom is -0.388 e. The molecule has 0 radical (unpaired) electrons. The summed E-state index contributed by atoms with van der Waals surface area (Å²) >= 11 is 0. The van der Waals surface area contributed by atoms with Gasteiger partial charge in [0.25, 0.3) is 0 Å².